The lowest BCUT2D eigenvalue weighted by Gasteiger charge is -2.39. The maximum Gasteiger partial charge on any atom is 0.339 e. The van der Waals surface area contributed by atoms with Crippen LogP contribution in [0, 0.1) is 0 Å². The van der Waals surface area contributed by atoms with Gasteiger partial charge in [-0.25, -0.2) is 4.79 Å². The number of nitrogens with zero attached hydrogens (tertiary/aromatic N) is 1. The Morgan fingerprint density at radius 1 is 1.07 bits per heavy atom. The van der Waals surface area contributed by atoms with E-state index in [0.717, 1.165) is 12.0 Å². The molecule has 1 amide bonds. The second-order valence-corrected chi connectivity index (χ2v) is 6.80. The summed E-state index contributed by atoms with van der Waals surface area (Å²) in [5.74, 6) is 0.407. The minimum absolute atomic E-state index is 0.191. The molecule has 27 heavy (non-hydrogen) atoms. The molecule has 0 aliphatic carbocycles. The Labute approximate surface area is 157 Å². The van der Waals surface area contributed by atoms with Gasteiger partial charge in [-0.3, -0.25) is 4.79 Å². The van der Waals surface area contributed by atoms with E-state index < -0.39 is 5.60 Å². The monoisotopic (exact) mass is 367 g/mol. The number of hydrogen-bond donors (Lipinski definition) is 0. The minimum atomic E-state index is -0.781. The van der Waals surface area contributed by atoms with Crippen LogP contribution in [0.4, 0.5) is 0 Å². The summed E-state index contributed by atoms with van der Waals surface area (Å²) in [5, 5.41) is 0. The number of carbonyl (C=O) groups is 2. The van der Waals surface area contributed by atoms with Gasteiger partial charge in [0.15, 0.2) is 5.60 Å². The van der Waals surface area contributed by atoms with Crippen molar-refractivity contribution in [1.82, 2.24) is 4.90 Å². The molecular formula is C21H21NO5. The molecule has 0 saturated carbocycles. The van der Waals surface area contributed by atoms with Gasteiger partial charge in [0.05, 0.1) is 26.3 Å². The molecule has 1 atom stereocenters. The molecule has 2 aliphatic heterocycles. The van der Waals surface area contributed by atoms with Gasteiger partial charge in [0.2, 0.25) is 0 Å². The third-order valence-corrected chi connectivity index (χ3v) is 5.31. The highest BCUT2D eigenvalue weighted by molar-refractivity contribution is 6.00. The van der Waals surface area contributed by atoms with Gasteiger partial charge in [0.25, 0.3) is 5.91 Å². The smallest absolute Gasteiger partial charge is 0.339 e. The van der Waals surface area contributed by atoms with E-state index in [4.69, 9.17) is 14.2 Å². The average Bonchev–Trinajstić information content (AvgIpc) is 2.98. The van der Waals surface area contributed by atoms with Crippen LogP contribution in [0.2, 0.25) is 0 Å². The predicted octanol–water partition coefficient (Wildman–Crippen LogP) is 3.01. The highest BCUT2D eigenvalue weighted by Crippen LogP contribution is 2.43. The molecule has 6 heteroatoms. The van der Waals surface area contributed by atoms with Gasteiger partial charge in [-0.2, -0.15) is 0 Å². The van der Waals surface area contributed by atoms with Crippen LogP contribution < -0.4 is 9.47 Å². The lowest BCUT2D eigenvalue weighted by Crippen LogP contribution is -2.48. The molecule has 1 fully saturated rings. The van der Waals surface area contributed by atoms with Crippen molar-refractivity contribution in [1.29, 1.82) is 0 Å². The number of hydrogen-bond acceptors (Lipinski definition) is 5. The molecule has 140 valence electrons. The Morgan fingerprint density at radius 2 is 1.78 bits per heavy atom. The topological polar surface area (TPSA) is 65.1 Å². The molecule has 0 bridgehead atoms. The summed E-state index contributed by atoms with van der Waals surface area (Å²) in [7, 11) is 3.05. The first-order chi connectivity index (χ1) is 13.1. The molecule has 0 radical (unpaired) electrons. The molecule has 2 aliphatic rings. The van der Waals surface area contributed by atoms with Crippen LogP contribution in [0.15, 0.2) is 42.5 Å². The SMILES string of the molecule is COc1cccc(OC)c1C(=O)N1CCCC2(C1)OC(=O)c1ccccc12. The number of benzene rings is 2. The molecule has 2 aromatic carbocycles. The van der Waals surface area contributed by atoms with Crippen molar-refractivity contribution in [3.05, 3.63) is 59.2 Å². The molecule has 0 N–H and O–H groups in total. The second kappa shape index (κ2) is 6.61. The van der Waals surface area contributed by atoms with E-state index in [0.29, 0.717) is 42.1 Å². The van der Waals surface area contributed by atoms with Gasteiger partial charge < -0.3 is 19.1 Å². The van der Waals surface area contributed by atoms with Gasteiger partial charge in [-0.15, -0.1) is 0 Å². The Morgan fingerprint density at radius 3 is 2.48 bits per heavy atom. The summed E-state index contributed by atoms with van der Waals surface area (Å²) < 4.78 is 16.5. The summed E-state index contributed by atoms with van der Waals surface area (Å²) >= 11 is 0. The molecule has 1 spiro atoms. The normalized spacial score (nSPS) is 21.0. The van der Waals surface area contributed by atoms with E-state index in [1.165, 1.54) is 14.2 Å². The van der Waals surface area contributed by atoms with Crippen molar-refractivity contribution in [2.75, 3.05) is 27.3 Å². The minimum Gasteiger partial charge on any atom is -0.496 e. The first-order valence-corrected chi connectivity index (χ1v) is 8.93. The molecule has 2 heterocycles. The van der Waals surface area contributed by atoms with E-state index >= 15 is 0 Å². The van der Waals surface area contributed by atoms with Crippen LogP contribution in [0.5, 0.6) is 11.5 Å². The zero-order chi connectivity index (χ0) is 19.0. The van der Waals surface area contributed by atoms with Crippen LogP contribution >= 0.6 is 0 Å². The predicted molar refractivity (Wildman–Crippen MR) is 98.2 cm³/mol. The standard InChI is InChI=1S/C21H21NO5/c1-25-16-9-5-10-17(26-2)18(16)19(23)22-12-6-11-21(13-22)15-8-4-3-7-14(15)20(24)27-21/h3-5,7-10H,6,11-13H2,1-2H3. The van der Waals surface area contributed by atoms with Crippen LogP contribution in [0.1, 0.15) is 39.1 Å². The van der Waals surface area contributed by atoms with E-state index in [1.807, 2.05) is 18.2 Å². The molecular weight excluding hydrogens is 346 g/mol. The van der Waals surface area contributed by atoms with Crippen molar-refractivity contribution < 1.29 is 23.8 Å². The number of piperidine rings is 1. The van der Waals surface area contributed by atoms with Gasteiger partial charge in [-0.1, -0.05) is 24.3 Å². The largest absolute Gasteiger partial charge is 0.496 e. The van der Waals surface area contributed by atoms with Crippen LogP contribution in [-0.4, -0.2) is 44.1 Å². The van der Waals surface area contributed by atoms with Crippen molar-refractivity contribution >= 4 is 11.9 Å². The fraction of sp³-hybridized carbons (Fsp3) is 0.333. The zero-order valence-corrected chi connectivity index (χ0v) is 15.4. The fourth-order valence-electron chi connectivity index (χ4n) is 4.06. The van der Waals surface area contributed by atoms with Crippen LogP contribution in [0.25, 0.3) is 0 Å². The summed E-state index contributed by atoms with van der Waals surface area (Å²) in [6.45, 7) is 0.900. The van der Waals surface area contributed by atoms with Gasteiger partial charge in [0.1, 0.15) is 17.1 Å². The third kappa shape index (κ3) is 2.72. The van der Waals surface area contributed by atoms with Crippen molar-refractivity contribution in [3.8, 4) is 11.5 Å². The van der Waals surface area contributed by atoms with Crippen molar-refractivity contribution in [3.63, 3.8) is 0 Å². The lowest BCUT2D eigenvalue weighted by molar-refractivity contribution is -0.0443. The van der Waals surface area contributed by atoms with E-state index in [-0.39, 0.29) is 11.9 Å². The summed E-state index contributed by atoms with van der Waals surface area (Å²) in [6.07, 6.45) is 1.44. The molecule has 1 saturated heterocycles. The summed E-state index contributed by atoms with van der Waals surface area (Å²) in [6, 6.07) is 12.7. The quantitative estimate of drug-likeness (QED) is 0.781. The second-order valence-electron chi connectivity index (χ2n) is 6.80. The Hall–Kier alpha value is -3.02. The third-order valence-electron chi connectivity index (χ3n) is 5.31. The summed E-state index contributed by atoms with van der Waals surface area (Å²) in [5.41, 5.74) is 1.05. The Bertz CT molecular complexity index is 887. The maximum atomic E-state index is 13.3. The highest BCUT2D eigenvalue weighted by Gasteiger charge is 2.49. The summed E-state index contributed by atoms with van der Waals surface area (Å²) in [4.78, 5) is 27.4. The first kappa shape index (κ1) is 17.4. The zero-order valence-electron chi connectivity index (χ0n) is 15.4. The van der Waals surface area contributed by atoms with E-state index in [1.54, 1.807) is 29.2 Å². The number of amides is 1. The Balaban J connectivity index is 1.70. The number of esters is 1. The lowest BCUT2D eigenvalue weighted by atomic mass is 9.84. The number of likely N-dealkylation sites (tertiary alicyclic amines) is 1. The number of methoxy groups -OCH3 is 2. The number of rotatable bonds is 3. The van der Waals surface area contributed by atoms with Crippen molar-refractivity contribution in [2.45, 2.75) is 18.4 Å². The van der Waals surface area contributed by atoms with Gasteiger partial charge >= 0.3 is 5.97 Å². The Kier molecular flexibility index (Phi) is 4.26. The molecule has 2 aromatic rings. The highest BCUT2D eigenvalue weighted by atomic mass is 16.6. The maximum absolute atomic E-state index is 13.3. The van der Waals surface area contributed by atoms with E-state index in [2.05, 4.69) is 0 Å². The fourth-order valence-corrected chi connectivity index (χ4v) is 4.06. The van der Waals surface area contributed by atoms with Gasteiger partial charge in [-0.05, 0) is 31.0 Å². The average molecular weight is 367 g/mol. The van der Waals surface area contributed by atoms with Crippen molar-refractivity contribution in [2.24, 2.45) is 0 Å². The molecule has 6 nitrogen and oxygen atoms in total. The first-order valence-electron chi connectivity index (χ1n) is 8.93. The van der Waals surface area contributed by atoms with Crippen LogP contribution in [0.3, 0.4) is 0 Å². The van der Waals surface area contributed by atoms with Gasteiger partial charge in [0, 0.05) is 12.1 Å². The van der Waals surface area contributed by atoms with E-state index in [9.17, 15) is 9.59 Å². The molecule has 1 unspecified atom stereocenters. The van der Waals surface area contributed by atoms with Crippen LogP contribution in [-0.2, 0) is 10.3 Å². The number of carbonyl (C=O) groups excluding carboxylic acids is 2. The number of ether oxygens (including phenoxy) is 3. The molecule has 0 aromatic heterocycles. The number of fused-ring (bicyclic) bond motifs is 2. The molecule has 4 rings (SSSR count).